The van der Waals surface area contributed by atoms with Gasteiger partial charge >= 0.3 is 12.1 Å². The molecule has 3 aliphatic heterocycles. The van der Waals surface area contributed by atoms with Gasteiger partial charge in [-0.3, -0.25) is 4.79 Å². The second-order valence-electron chi connectivity index (χ2n) is 4.21. The number of piperidine rings is 1. The highest BCUT2D eigenvalue weighted by atomic mass is 19.4. The third kappa shape index (κ3) is 2.09. The number of hydrogen-bond donors (Lipinski definition) is 1. The Morgan fingerprint density at radius 2 is 2.00 bits per heavy atom. The summed E-state index contributed by atoms with van der Waals surface area (Å²) in [6, 6.07) is -0.280. The Balaban J connectivity index is 2.13. The van der Waals surface area contributed by atoms with Crippen molar-refractivity contribution in [2.45, 2.75) is 25.1 Å². The van der Waals surface area contributed by atoms with Crippen molar-refractivity contribution in [3.63, 3.8) is 0 Å². The Hall–Kier alpha value is -0.780. The summed E-state index contributed by atoms with van der Waals surface area (Å²) >= 11 is 0. The Bertz CT molecular complexity index is 263. The van der Waals surface area contributed by atoms with E-state index >= 15 is 0 Å². The molecule has 86 valence electrons. The summed E-state index contributed by atoms with van der Waals surface area (Å²) in [5.74, 6) is -1.50. The van der Waals surface area contributed by atoms with Crippen molar-refractivity contribution in [3.05, 3.63) is 0 Å². The van der Waals surface area contributed by atoms with Crippen molar-refractivity contribution >= 4 is 5.91 Å². The lowest BCUT2D eigenvalue weighted by Crippen LogP contribution is -2.52. The Kier molecular flexibility index (Phi) is 2.62. The molecule has 0 aromatic heterocycles. The van der Waals surface area contributed by atoms with Crippen LogP contribution < -0.4 is 5.32 Å². The average Bonchev–Trinajstić information content (AvgIpc) is 2.49. The summed E-state index contributed by atoms with van der Waals surface area (Å²) in [5.41, 5.74) is 0. The van der Waals surface area contributed by atoms with Gasteiger partial charge in [-0.2, -0.15) is 13.2 Å². The molecule has 0 aromatic rings. The molecule has 6 heteroatoms. The highest BCUT2D eigenvalue weighted by molar-refractivity contribution is 5.82. The number of nitrogens with zero attached hydrogens (tertiary/aromatic N) is 1. The molecule has 3 aliphatic rings. The Labute approximate surface area is 85.6 Å². The normalized spacial score (nSPS) is 31.5. The van der Waals surface area contributed by atoms with Crippen molar-refractivity contribution in [1.29, 1.82) is 0 Å². The largest absolute Gasteiger partial charge is 0.471 e. The van der Waals surface area contributed by atoms with Crippen LogP contribution in [0, 0.1) is 5.92 Å². The van der Waals surface area contributed by atoms with Gasteiger partial charge in [0.1, 0.15) is 0 Å². The second-order valence-corrected chi connectivity index (χ2v) is 4.21. The molecular formula is C9H13F3N2O. The molecule has 1 N–H and O–H groups in total. The van der Waals surface area contributed by atoms with Crippen LogP contribution in [0.1, 0.15) is 12.8 Å². The molecule has 2 atom stereocenters. The first kappa shape index (κ1) is 10.7. The standard InChI is InChI=1S/C9H13F3N2O/c10-9(11,12)8(15)14-5-6-1-2-7(14)4-13-3-6/h6-7,13H,1-5H2. The molecule has 1 amide bonds. The van der Waals surface area contributed by atoms with Crippen LogP contribution in [0.2, 0.25) is 0 Å². The quantitative estimate of drug-likeness (QED) is 0.656. The fourth-order valence-corrected chi connectivity index (χ4v) is 2.35. The monoisotopic (exact) mass is 222 g/mol. The van der Waals surface area contributed by atoms with Gasteiger partial charge < -0.3 is 10.2 Å². The second kappa shape index (κ2) is 3.66. The van der Waals surface area contributed by atoms with Crippen molar-refractivity contribution in [2.75, 3.05) is 19.6 Å². The average molecular weight is 222 g/mol. The molecular weight excluding hydrogens is 209 g/mol. The first-order valence-corrected chi connectivity index (χ1v) is 5.07. The van der Waals surface area contributed by atoms with E-state index < -0.39 is 12.1 Å². The van der Waals surface area contributed by atoms with E-state index in [1.54, 1.807) is 0 Å². The summed E-state index contributed by atoms with van der Waals surface area (Å²) < 4.78 is 36.8. The lowest BCUT2D eigenvalue weighted by Gasteiger charge is -2.36. The number of rotatable bonds is 0. The minimum absolute atomic E-state index is 0.176. The van der Waals surface area contributed by atoms with Gasteiger partial charge in [0.05, 0.1) is 0 Å². The molecule has 3 rings (SSSR count). The van der Waals surface area contributed by atoms with Crippen LogP contribution in [0.3, 0.4) is 0 Å². The highest BCUT2D eigenvalue weighted by Gasteiger charge is 2.46. The Morgan fingerprint density at radius 1 is 1.27 bits per heavy atom. The van der Waals surface area contributed by atoms with Crippen LogP contribution in [0.15, 0.2) is 0 Å². The molecule has 3 heterocycles. The SMILES string of the molecule is O=C(N1CC2CCC1CNC2)C(F)(F)F. The Morgan fingerprint density at radius 3 is 2.67 bits per heavy atom. The lowest BCUT2D eigenvalue weighted by atomic mass is 9.95. The fraction of sp³-hybridized carbons (Fsp3) is 0.889. The maximum absolute atomic E-state index is 12.3. The van der Waals surface area contributed by atoms with Crippen LogP contribution in [0.4, 0.5) is 13.2 Å². The van der Waals surface area contributed by atoms with E-state index in [4.69, 9.17) is 0 Å². The molecule has 2 bridgehead atoms. The van der Waals surface area contributed by atoms with Crippen LogP contribution in [0.5, 0.6) is 0 Å². The summed E-state index contributed by atoms with van der Waals surface area (Å²) in [6.07, 6.45) is -3.14. The van der Waals surface area contributed by atoms with E-state index in [0.717, 1.165) is 17.9 Å². The summed E-state index contributed by atoms with van der Waals surface area (Å²) in [7, 11) is 0. The number of amides is 1. The van der Waals surface area contributed by atoms with E-state index in [-0.39, 0.29) is 18.5 Å². The zero-order valence-corrected chi connectivity index (χ0v) is 8.18. The summed E-state index contributed by atoms with van der Waals surface area (Å²) in [4.78, 5) is 12.1. The number of carbonyl (C=O) groups is 1. The van der Waals surface area contributed by atoms with Gasteiger partial charge in [-0.25, -0.2) is 0 Å². The van der Waals surface area contributed by atoms with E-state index in [9.17, 15) is 18.0 Å². The van der Waals surface area contributed by atoms with Crippen molar-refractivity contribution in [1.82, 2.24) is 10.2 Å². The third-order valence-corrected chi connectivity index (χ3v) is 3.12. The zero-order chi connectivity index (χ0) is 11.1. The maximum Gasteiger partial charge on any atom is 0.471 e. The van der Waals surface area contributed by atoms with Gasteiger partial charge in [0.15, 0.2) is 0 Å². The predicted molar refractivity (Wildman–Crippen MR) is 47.1 cm³/mol. The third-order valence-electron chi connectivity index (χ3n) is 3.12. The fourth-order valence-electron chi connectivity index (χ4n) is 2.35. The molecule has 0 aliphatic carbocycles. The first-order chi connectivity index (χ1) is 6.98. The van der Waals surface area contributed by atoms with Crippen LogP contribution in [-0.4, -0.2) is 42.7 Å². The molecule has 3 saturated heterocycles. The van der Waals surface area contributed by atoms with E-state index in [2.05, 4.69) is 5.32 Å². The number of alkyl halides is 3. The number of hydrogen-bond acceptors (Lipinski definition) is 2. The molecule has 0 saturated carbocycles. The molecule has 0 radical (unpaired) electrons. The van der Waals surface area contributed by atoms with Gasteiger partial charge in [-0.05, 0) is 25.3 Å². The number of fused-ring (bicyclic) bond motifs is 4. The van der Waals surface area contributed by atoms with Crippen molar-refractivity contribution in [2.24, 2.45) is 5.92 Å². The molecule has 0 spiro atoms. The molecule has 15 heavy (non-hydrogen) atoms. The minimum atomic E-state index is -4.73. The van der Waals surface area contributed by atoms with E-state index in [1.165, 1.54) is 0 Å². The first-order valence-electron chi connectivity index (χ1n) is 5.07. The smallest absolute Gasteiger partial charge is 0.330 e. The number of nitrogens with one attached hydrogen (secondary N) is 1. The number of halogens is 3. The van der Waals surface area contributed by atoms with E-state index in [0.29, 0.717) is 13.0 Å². The molecule has 0 aromatic carbocycles. The van der Waals surface area contributed by atoms with Gasteiger partial charge in [-0.1, -0.05) is 0 Å². The van der Waals surface area contributed by atoms with E-state index in [1.807, 2.05) is 0 Å². The van der Waals surface area contributed by atoms with Crippen LogP contribution in [-0.2, 0) is 4.79 Å². The van der Waals surface area contributed by atoms with Gasteiger partial charge in [0.25, 0.3) is 0 Å². The maximum atomic E-state index is 12.3. The molecule has 2 unspecified atom stereocenters. The van der Waals surface area contributed by atoms with Crippen molar-refractivity contribution in [3.8, 4) is 0 Å². The highest BCUT2D eigenvalue weighted by Crippen LogP contribution is 2.28. The molecule has 3 fully saturated rings. The van der Waals surface area contributed by atoms with Gasteiger partial charge in [0, 0.05) is 19.1 Å². The van der Waals surface area contributed by atoms with Crippen LogP contribution >= 0.6 is 0 Å². The topological polar surface area (TPSA) is 32.3 Å². The van der Waals surface area contributed by atoms with Crippen LogP contribution in [0.25, 0.3) is 0 Å². The number of carbonyl (C=O) groups excluding carboxylic acids is 1. The van der Waals surface area contributed by atoms with Gasteiger partial charge in [0.2, 0.25) is 0 Å². The van der Waals surface area contributed by atoms with Crippen molar-refractivity contribution < 1.29 is 18.0 Å². The lowest BCUT2D eigenvalue weighted by molar-refractivity contribution is -0.189. The summed E-state index contributed by atoms with van der Waals surface area (Å²) in [5, 5.41) is 3.08. The predicted octanol–water partition coefficient (Wildman–Crippen LogP) is 0.759. The zero-order valence-electron chi connectivity index (χ0n) is 8.18. The van der Waals surface area contributed by atoms with Gasteiger partial charge in [-0.15, -0.1) is 0 Å². The minimum Gasteiger partial charge on any atom is -0.330 e. The molecule has 3 nitrogen and oxygen atoms in total. The summed E-state index contributed by atoms with van der Waals surface area (Å²) in [6.45, 7) is 1.45.